The van der Waals surface area contributed by atoms with Crippen molar-refractivity contribution in [3.63, 3.8) is 0 Å². The van der Waals surface area contributed by atoms with E-state index in [-0.39, 0.29) is 12.2 Å². The van der Waals surface area contributed by atoms with E-state index in [1.165, 1.54) is 6.92 Å². The monoisotopic (exact) mass is 284 g/mol. The Hall–Kier alpha value is -1.24. The summed E-state index contributed by atoms with van der Waals surface area (Å²) in [4.78, 5) is 0. The number of halogens is 6. The molecule has 1 nitrogen and oxygen atoms in total. The highest BCUT2D eigenvalue weighted by Crippen LogP contribution is 2.58. The number of hydrogen-bond donors (Lipinski definition) is 0. The summed E-state index contributed by atoms with van der Waals surface area (Å²) in [6, 6.07) is 3.45. The number of benzene rings is 1. The van der Waals surface area contributed by atoms with Crippen molar-refractivity contribution in [2.24, 2.45) is 5.92 Å². The van der Waals surface area contributed by atoms with Crippen LogP contribution >= 0.6 is 0 Å². The van der Waals surface area contributed by atoms with Crippen LogP contribution in [0.25, 0.3) is 0 Å². The fourth-order valence-electron chi connectivity index (χ4n) is 2.27. The average Bonchev–Trinajstić information content (AvgIpc) is 2.28. The number of hydrogen-bond acceptors (Lipinski definition) is 1. The second-order valence-corrected chi connectivity index (χ2v) is 4.53. The van der Waals surface area contributed by atoms with Crippen molar-refractivity contribution in [3.05, 3.63) is 35.6 Å². The predicted octanol–water partition coefficient (Wildman–Crippen LogP) is 3.88. The van der Waals surface area contributed by atoms with Gasteiger partial charge in [0.25, 0.3) is 0 Å². The third-order valence-electron chi connectivity index (χ3n) is 3.35. The number of alkyl halides is 5. The van der Waals surface area contributed by atoms with Gasteiger partial charge in [0.1, 0.15) is 5.82 Å². The molecule has 0 bridgehead atoms. The van der Waals surface area contributed by atoms with E-state index >= 15 is 0 Å². The molecule has 0 saturated carbocycles. The highest BCUT2D eigenvalue weighted by molar-refractivity contribution is 5.30. The Morgan fingerprint density at radius 3 is 1.95 bits per heavy atom. The summed E-state index contributed by atoms with van der Waals surface area (Å²) in [7, 11) is 0. The van der Waals surface area contributed by atoms with E-state index in [0.717, 1.165) is 24.3 Å². The first kappa shape index (κ1) is 14.2. The van der Waals surface area contributed by atoms with Gasteiger partial charge in [-0.25, -0.2) is 4.39 Å². The van der Waals surface area contributed by atoms with Crippen LogP contribution in [0.2, 0.25) is 0 Å². The molecule has 2 atom stereocenters. The molecule has 0 aliphatic carbocycles. The zero-order valence-corrected chi connectivity index (χ0v) is 9.77. The second kappa shape index (κ2) is 4.13. The summed E-state index contributed by atoms with van der Waals surface area (Å²) in [5, 5.41) is 0. The second-order valence-electron chi connectivity index (χ2n) is 4.53. The van der Waals surface area contributed by atoms with Crippen LogP contribution in [0.4, 0.5) is 26.3 Å². The van der Waals surface area contributed by atoms with Crippen molar-refractivity contribution in [2.75, 3.05) is 6.61 Å². The molecule has 19 heavy (non-hydrogen) atoms. The maximum absolute atomic E-state index is 13.7. The molecule has 1 saturated heterocycles. The van der Waals surface area contributed by atoms with E-state index in [9.17, 15) is 26.3 Å². The quantitative estimate of drug-likeness (QED) is 0.749. The summed E-state index contributed by atoms with van der Waals surface area (Å²) in [5.41, 5.74) is -3.16. The summed E-state index contributed by atoms with van der Waals surface area (Å²) in [6.07, 6.45) is -5.74. The van der Waals surface area contributed by atoms with Gasteiger partial charge in [0.15, 0.2) is 5.60 Å². The minimum atomic E-state index is -5.74. The lowest BCUT2D eigenvalue weighted by atomic mass is 9.73. The smallest absolute Gasteiger partial charge is 0.363 e. The van der Waals surface area contributed by atoms with Gasteiger partial charge in [-0.1, -0.05) is 19.1 Å². The fraction of sp³-hybridized carbons (Fsp3) is 0.500. The lowest BCUT2D eigenvalue weighted by molar-refractivity contribution is -0.401. The molecule has 1 aliphatic rings. The Balaban J connectivity index is 2.54. The molecule has 0 N–H and O–H groups in total. The molecule has 1 fully saturated rings. The molecular formula is C12H10F6O. The van der Waals surface area contributed by atoms with Gasteiger partial charge >= 0.3 is 12.1 Å². The SMILES string of the molecule is C[C@@H]1CO[C@@]1(c1ccc(F)cc1)C(F)(F)C(F)(F)F. The van der Waals surface area contributed by atoms with Crippen LogP contribution in [0.3, 0.4) is 0 Å². The number of rotatable bonds is 2. The van der Waals surface area contributed by atoms with Crippen LogP contribution in [-0.2, 0) is 10.3 Å². The molecule has 106 valence electrons. The highest BCUT2D eigenvalue weighted by Gasteiger charge is 2.76. The van der Waals surface area contributed by atoms with Crippen LogP contribution < -0.4 is 0 Å². The summed E-state index contributed by atoms with van der Waals surface area (Å²) < 4.78 is 82.6. The Bertz CT molecular complexity index is 466. The first-order valence-electron chi connectivity index (χ1n) is 5.47. The molecule has 0 amide bonds. The van der Waals surface area contributed by atoms with Crippen molar-refractivity contribution < 1.29 is 31.1 Å². The van der Waals surface area contributed by atoms with Gasteiger partial charge in [-0.3, -0.25) is 0 Å². The van der Waals surface area contributed by atoms with Gasteiger partial charge in [-0.2, -0.15) is 22.0 Å². The lowest BCUT2D eigenvalue weighted by Gasteiger charge is -2.52. The van der Waals surface area contributed by atoms with Crippen molar-refractivity contribution in [2.45, 2.75) is 24.6 Å². The Morgan fingerprint density at radius 2 is 1.63 bits per heavy atom. The summed E-state index contributed by atoms with van der Waals surface area (Å²) >= 11 is 0. The van der Waals surface area contributed by atoms with Crippen LogP contribution in [0.15, 0.2) is 24.3 Å². The van der Waals surface area contributed by atoms with Gasteiger partial charge in [-0.15, -0.1) is 0 Å². The van der Waals surface area contributed by atoms with E-state index in [2.05, 4.69) is 4.74 Å². The van der Waals surface area contributed by atoms with Crippen molar-refractivity contribution in [1.82, 2.24) is 0 Å². The zero-order chi connectivity index (χ0) is 14.5. The molecule has 1 aromatic carbocycles. The molecule has 1 heterocycles. The lowest BCUT2D eigenvalue weighted by Crippen LogP contribution is -2.66. The Morgan fingerprint density at radius 1 is 1.11 bits per heavy atom. The Kier molecular flexibility index (Phi) is 3.08. The standard InChI is InChI=1S/C12H10F6O/c1-7-6-19-10(7,11(14,15)12(16,17)18)8-2-4-9(13)5-3-8/h2-5,7H,6H2,1H3/t7-,10+/m1/s1. The van der Waals surface area contributed by atoms with E-state index < -0.39 is 29.4 Å². The van der Waals surface area contributed by atoms with Crippen LogP contribution in [0.5, 0.6) is 0 Å². The highest BCUT2D eigenvalue weighted by atomic mass is 19.4. The van der Waals surface area contributed by atoms with Gasteiger partial charge in [-0.05, 0) is 17.7 Å². The molecule has 2 rings (SSSR count). The summed E-state index contributed by atoms with van der Waals surface area (Å²) in [6.45, 7) is 1.04. The zero-order valence-electron chi connectivity index (χ0n) is 9.77. The normalized spacial score (nSPS) is 28.1. The minimum Gasteiger partial charge on any atom is -0.363 e. The number of ether oxygens (including phenoxy) is 1. The fourth-order valence-corrected chi connectivity index (χ4v) is 2.27. The molecule has 0 radical (unpaired) electrons. The van der Waals surface area contributed by atoms with Crippen LogP contribution in [0.1, 0.15) is 12.5 Å². The molecule has 1 aromatic rings. The van der Waals surface area contributed by atoms with Gasteiger partial charge in [0.05, 0.1) is 6.61 Å². The van der Waals surface area contributed by atoms with Gasteiger partial charge in [0.2, 0.25) is 0 Å². The first-order chi connectivity index (χ1) is 8.63. The molecule has 7 heteroatoms. The van der Waals surface area contributed by atoms with Crippen LogP contribution in [0, 0.1) is 11.7 Å². The van der Waals surface area contributed by atoms with Crippen LogP contribution in [-0.4, -0.2) is 18.7 Å². The summed E-state index contributed by atoms with van der Waals surface area (Å²) in [5.74, 6) is -6.80. The molecular weight excluding hydrogens is 274 g/mol. The van der Waals surface area contributed by atoms with E-state index in [4.69, 9.17) is 0 Å². The minimum absolute atomic E-state index is 0.205. The van der Waals surface area contributed by atoms with E-state index in [0.29, 0.717) is 0 Å². The third-order valence-corrected chi connectivity index (χ3v) is 3.35. The van der Waals surface area contributed by atoms with Crippen molar-refractivity contribution in [3.8, 4) is 0 Å². The van der Waals surface area contributed by atoms with Gasteiger partial charge in [0, 0.05) is 5.92 Å². The third kappa shape index (κ3) is 1.82. The molecule has 0 aromatic heterocycles. The maximum Gasteiger partial charge on any atom is 0.456 e. The van der Waals surface area contributed by atoms with E-state index in [1.807, 2.05) is 0 Å². The topological polar surface area (TPSA) is 9.23 Å². The van der Waals surface area contributed by atoms with E-state index in [1.54, 1.807) is 0 Å². The molecule has 0 unspecified atom stereocenters. The maximum atomic E-state index is 13.7. The predicted molar refractivity (Wildman–Crippen MR) is 54.2 cm³/mol. The first-order valence-corrected chi connectivity index (χ1v) is 5.47. The molecule has 1 aliphatic heterocycles. The van der Waals surface area contributed by atoms with Gasteiger partial charge < -0.3 is 4.74 Å². The van der Waals surface area contributed by atoms with Crippen molar-refractivity contribution >= 4 is 0 Å². The van der Waals surface area contributed by atoms with Crippen molar-refractivity contribution in [1.29, 1.82) is 0 Å². The Labute approximate surface area is 105 Å². The largest absolute Gasteiger partial charge is 0.456 e. The molecule has 0 spiro atoms. The average molecular weight is 284 g/mol.